The summed E-state index contributed by atoms with van der Waals surface area (Å²) in [4.78, 5) is 16.4. The molecule has 1 aromatic heterocycles. The number of hydrogen-bond acceptors (Lipinski definition) is 4. The summed E-state index contributed by atoms with van der Waals surface area (Å²) in [7, 11) is 1.57. The van der Waals surface area contributed by atoms with Gasteiger partial charge in [-0.15, -0.1) is 11.3 Å². The summed E-state index contributed by atoms with van der Waals surface area (Å²) in [5.74, 6) is 0.410. The van der Waals surface area contributed by atoms with E-state index in [0.717, 1.165) is 15.2 Å². The van der Waals surface area contributed by atoms with E-state index in [0.29, 0.717) is 11.4 Å². The molecule has 0 radical (unpaired) electrons. The third kappa shape index (κ3) is 3.15. The molecule has 0 saturated heterocycles. The number of carbonyl (C=O) groups excluding carboxylic acids is 1. The molecule has 4 nitrogen and oxygen atoms in total. The number of aromatic nitrogens is 1. The van der Waals surface area contributed by atoms with Crippen LogP contribution in [0.2, 0.25) is 0 Å². The predicted octanol–water partition coefficient (Wildman–Crippen LogP) is 3.96. The maximum Gasteiger partial charge on any atom is 0.248 e. The first kappa shape index (κ1) is 14.3. The molecule has 0 aliphatic rings. The summed E-state index contributed by atoms with van der Waals surface area (Å²) in [6.45, 7) is 0. The zero-order chi connectivity index (χ0) is 15.4. The highest BCUT2D eigenvalue weighted by Crippen LogP contribution is 2.24. The third-order valence-corrected chi connectivity index (χ3v) is 4.05. The lowest BCUT2D eigenvalue weighted by Crippen LogP contribution is -2.08. The van der Waals surface area contributed by atoms with E-state index in [-0.39, 0.29) is 5.91 Å². The minimum atomic E-state index is -0.219. The molecule has 22 heavy (non-hydrogen) atoms. The van der Waals surface area contributed by atoms with Crippen molar-refractivity contribution < 1.29 is 9.53 Å². The molecule has 0 bridgehead atoms. The summed E-state index contributed by atoms with van der Waals surface area (Å²) in [5.41, 5.74) is 1.58. The first-order valence-corrected chi connectivity index (χ1v) is 7.55. The maximum atomic E-state index is 12.0. The van der Waals surface area contributed by atoms with Crippen LogP contribution < -0.4 is 10.1 Å². The fourth-order valence-corrected chi connectivity index (χ4v) is 2.90. The van der Waals surface area contributed by atoms with Crippen LogP contribution in [0, 0.1) is 0 Å². The van der Waals surface area contributed by atoms with E-state index < -0.39 is 0 Å². The number of rotatable bonds is 4. The molecule has 110 valence electrons. The number of hydrogen-bond donors (Lipinski definition) is 1. The van der Waals surface area contributed by atoms with Crippen molar-refractivity contribution in [3.63, 3.8) is 0 Å². The fourth-order valence-electron chi connectivity index (χ4n) is 2.03. The topological polar surface area (TPSA) is 51.2 Å². The van der Waals surface area contributed by atoms with Crippen LogP contribution in [-0.4, -0.2) is 18.0 Å². The Morgan fingerprint density at radius 2 is 1.95 bits per heavy atom. The number of para-hydroxylation sites is 3. The van der Waals surface area contributed by atoms with E-state index in [4.69, 9.17) is 4.74 Å². The highest BCUT2D eigenvalue weighted by atomic mass is 32.1. The van der Waals surface area contributed by atoms with Gasteiger partial charge >= 0.3 is 0 Å². The second-order valence-electron chi connectivity index (χ2n) is 4.54. The molecule has 0 spiro atoms. The maximum absolute atomic E-state index is 12.0. The second-order valence-corrected chi connectivity index (χ2v) is 5.60. The molecule has 3 aromatic rings. The van der Waals surface area contributed by atoms with Crippen LogP contribution in [0.1, 0.15) is 5.01 Å². The molecule has 0 unspecified atom stereocenters. The molecule has 0 saturated carbocycles. The summed E-state index contributed by atoms with van der Waals surface area (Å²) < 4.78 is 6.30. The third-order valence-electron chi connectivity index (χ3n) is 3.05. The molecule has 2 aromatic carbocycles. The van der Waals surface area contributed by atoms with Gasteiger partial charge in [0.2, 0.25) is 5.91 Å². The Morgan fingerprint density at radius 3 is 2.77 bits per heavy atom. The predicted molar refractivity (Wildman–Crippen MR) is 90.3 cm³/mol. The second kappa shape index (κ2) is 6.41. The van der Waals surface area contributed by atoms with Gasteiger partial charge in [-0.05, 0) is 30.3 Å². The monoisotopic (exact) mass is 310 g/mol. The van der Waals surface area contributed by atoms with Crippen molar-refractivity contribution >= 4 is 39.2 Å². The Balaban J connectivity index is 1.73. The number of anilines is 1. The van der Waals surface area contributed by atoms with Crippen molar-refractivity contribution in [2.24, 2.45) is 0 Å². The van der Waals surface area contributed by atoms with Gasteiger partial charge < -0.3 is 10.1 Å². The standard InChI is InChI=1S/C17H14N2O2S/c1-21-14-8-4-2-6-12(14)18-16(20)10-11-17-19-13-7-3-5-9-15(13)22-17/h2-11H,1H3,(H,18,20)/b11-10+. The van der Waals surface area contributed by atoms with E-state index >= 15 is 0 Å². The lowest BCUT2D eigenvalue weighted by molar-refractivity contribution is -0.111. The number of nitrogens with one attached hydrogen (secondary N) is 1. The molecule has 0 aliphatic carbocycles. The van der Waals surface area contributed by atoms with E-state index in [1.54, 1.807) is 36.7 Å². The molecule has 0 atom stereocenters. The van der Waals surface area contributed by atoms with Gasteiger partial charge in [0.1, 0.15) is 10.8 Å². The van der Waals surface area contributed by atoms with Crippen LogP contribution >= 0.6 is 11.3 Å². The molecule has 1 N–H and O–H groups in total. The van der Waals surface area contributed by atoms with E-state index in [2.05, 4.69) is 10.3 Å². The van der Waals surface area contributed by atoms with Gasteiger partial charge in [-0.1, -0.05) is 24.3 Å². The van der Waals surface area contributed by atoms with Crippen LogP contribution in [0.3, 0.4) is 0 Å². The molecule has 3 rings (SSSR count). The van der Waals surface area contributed by atoms with E-state index in [1.165, 1.54) is 6.08 Å². The van der Waals surface area contributed by atoms with Crippen molar-refractivity contribution in [3.8, 4) is 5.75 Å². The minimum Gasteiger partial charge on any atom is -0.495 e. The molecular formula is C17H14N2O2S. The SMILES string of the molecule is COc1ccccc1NC(=O)/C=C/c1nc2ccccc2s1. The number of fused-ring (bicyclic) bond motifs is 1. The molecule has 1 heterocycles. The van der Waals surface area contributed by atoms with E-state index in [1.807, 2.05) is 36.4 Å². The minimum absolute atomic E-state index is 0.219. The fraction of sp³-hybridized carbons (Fsp3) is 0.0588. The quantitative estimate of drug-likeness (QED) is 0.742. The number of benzene rings is 2. The van der Waals surface area contributed by atoms with Crippen molar-refractivity contribution in [2.75, 3.05) is 12.4 Å². The highest BCUT2D eigenvalue weighted by molar-refractivity contribution is 7.19. The number of thiazole rings is 1. The Labute approximate surface area is 132 Å². The Kier molecular flexibility index (Phi) is 4.16. The Bertz CT molecular complexity index is 806. The molecule has 5 heteroatoms. The molecular weight excluding hydrogens is 296 g/mol. The van der Waals surface area contributed by atoms with Crippen LogP contribution in [-0.2, 0) is 4.79 Å². The van der Waals surface area contributed by atoms with Gasteiger partial charge in [0.15, 0.2) is 0 Å². The van der Waals surface area contributed by atoms with Gasteiger partial charge in [0.05, 0.1) is 23.0 Å². The summed E-state index contributed by atoms with van der Waals surface area (Å²) in [6.07, 6.45) is 3.19. The normalized spacial score (nSPS) is 11.0. The lowest BCUT2D eigenvalue weighted by Gasteiger charge is -2.07. The number of nitrogens with zero attached hydrogens (tertiary/aromatic N) is 1. The smallest absolute Gasteiger partial charge is 0.248 e. The number of ether oxygens (including phenoxy) is 1. The Hall–Kier alpha value is -2.66. The Morgan fingerprint density at radius 1 is 1.18 bits per heavy atom. The molecule has 0 aliphatic heterocycles. The number of carbonyl (C=O) groups is 1. The number of amides is 1. The van der Waals surface area contributed by atoms with Gasteiger partial charge in [-0.3, -0.25) is 4.79 Å². The number of methoxy groups -OCH3 is 1. The van der Waals surface area contributed by atoms with Crippen LogP contribution in [0.15, 0.2) is 54.6 Å². The van der Waals surface area contributed by atoms with Crippen LogP contribution in [0.4, 0.5) is 5.69 Å². The lowest BCUT2D eigenvalue weighted by atomic mass is 10.3. The van der Waals surface area contributed by atoms with Crippen LogP contribution in [0.5, 0.6) is 5.75 Å². The average Bonchev–Trinajstić information content (AvgIpc) is 2.96. The van der Waals surface area contributed by atoms with Gasteiger partial charge in [-0.25, -0.2) is 4.98 Å². The summed E-state index contributed by atoms with van der Waals surface area (Å²) >= 11 is 1.55. The van der Waals surface area contributed by atoms with Crippen molar-refractivity contribution in [1.29, 1.82) is 0 Å². The van der Waals surface area contributed by atoms with Gasteiger partial charge in [0.25, 0.3) is 0 Å². The first-order valence-electron chi connectivity index (χ1n) is 6.74. The highest BCUT2D eigenvalue weighted by Gasteiger charge is 2.05. The van der Waals surface area contributed by atoms with Crippen LogP contribution in [0.25, 0.3) is 16.3 Å². The molecule has 1 amide bonds. The van der Waals surface area contributed by atoms with Gasteiger partial charge in [0, 0.05) is 6.08 Å². The van der Waals surface area contributed by atoms with Crippen molar-refractivity contribution in [2.45, 2.75) is 0 Å². The summed E-state index contributed by atoms with van der Waals surface area (Å²) in [5, 5.41) is 3.59. The zero-order valence-corrected chi connectivity index (χ0v) is 12.8. The molecule has 0 fully saturated rings. The largest absolute Gasteiger partial charge is 0.495 e. The first-order chi connectivity index (χ1) is 10.8. The van der Waals surface area contributed by atoms with Crippen molar-refractivity contribution in [1.82, 2.24) is 4.98 Å². The summed E-state index contributed by atoms with van der Waals surface area (Å²) in [6, 6.07) is 15.2. The zero-order valence-electron chi connectivity index (χ0n) is 11.9. The van der Waals surface area contributed by atoms with E-state index in [9.17, 15) is 4.79 Å². The average molecular weight is 310 g/mol. The van der Waals surface area contributed by atoms with Crippen molar-refractivity contribution in [3.05, 3.63) is 59.6 Å². The van der Waals surface area contributed by atoms with Gasteiger partial charge in [-0.2, -0.15) is 0 Å².